The molecular formula is C14H17NO2. The quantitative estimate of drug-likeness (QED) is 0.856. The number of benzene rings is 1. The molecule has 1 N–H and O–H groups in total. The first-order valence-corrected chi connectivity index (χ1v) is 6.20. The molecule has 0 aromatic heterocycles. The second-order valence-electron chi connectivity index (χ2n) is 5.33. The minimum absolute atomic E-state index is 0.378. The lowest BCUT2D eigenvalue weighted by Crippen LogP contribution is -2.30. The summed E-state index contributed by atoms with van der Waals surface area (Å²) in [5, 5.41) is 9.19. The van der Waals surface area contributed by atoms with E-state index in [1.54, 1.807) is 0 Å². The molecule has 1 saturated carbocycles. The normalized spacial score (nSPS) is 31.2. The van der Waals surface area contributed by atoms with Crippen LogP contribution in [0.4, 0.5) is 0 Å². The molecule has 1 unspecified atom stereocenters. The Morgan fingerprint density at radius 1 is 1.41 bits per heavy atom. The topological polar surface area (TPSA) is 40.5 Å². The van der Waals surface area contributed by atoms with Crippen molar-refractivity contribution < 1.29 is 9.90 Å². The molecule has 3 heteroatoms. The number of hydrogen-bond donors (Lipinski definition) is 1. The summed E-state index contributed by atoms with van der Waals surface area (Å²) >= 11 is 0. The van der Waals surface area contributed by atoms with Gasteiger partial charge >= 0.3 is 5.97 Å². The van der Waals surface area contributed by atoms with Crippen LogP contribution >= 0.6 is 0 Å². The molecule has 2 aliphatic rings. The minimum Gasteiger partial charge on any atom is -0.481 e. The molecule has 3 nitrogen and oxygen atoms in total. The number of likely N-dealkylation sites (tertiary alicyclic amines) is 1. The van der Waals surface area contributed by atoms with Crippen LogP contribution in [0, 0.1) is 11.3 Å². The fourth-order valence-electron chi connectivity index (χ4n) is 3.02. The third kappa shape index (κ3) is 1.84. The van der Waals surface area contributed by atoms with E-state index in [1.165, 1.54) is 5.56 Å². The molecular weight excluding hydrogens is 214 g/mol. The van der Waals surface area contributed by atoms with Crippen LogP contribution in [0.15, 0.2) is 30.3 Å². The predicted molar refractivity (Wildman–Crippen MR) is 64.8 cm³/mol. The second kappa shape index (κ2) is 3.84. The number of fused-ring (bicyclic) bond motifs is 1. The average molecular weight is 231 g/mol. The van der Waals surface area contributed by atoms with Gasteiger partial charge in [-0.3, -0.25) is 4.79 Å². The smallest absolute Gasteiger partial charge is 0.311 e. The monoisotopic (exact) mass is 231 g/mol. The number of carbonyl (C=O) groups is 1. The number of carboxylic acids is 1. The summed E-state index contributed by atoms with van der Waals surface area (Å²) in [7, 11) is 0. The second-order valence-corrected chi connectivity index (χ2v) is 5.33. The molecule has 1 saturated heterocycles. The van der Waals surface area contributed by atoms with Gasteiger partial charge in [-0.15, -0.1) is 0 Å². The zero-order valence-electron chi connectivity index (χ0n) is 9.80. The highest BCUT2D eigenvalue weighted by Crippen LogP contribution is 2.57. The van der Waals surface area contributed by atoms with Gasteiger partial charge in [-0.05, 0) is 24.3 Å². The molecule has 1 aliphatic carbocycles. The Bertz CT molecular complexity index is 431. The van der Waals surface area contributed by atoms with Gasteiger partial charge in [-0.1, -0.05) is 30.3 Å². The molecule has 0 bridgehead atoms. The van der Waals surface area contributed by atoms with Crippen molar-refractivity contribution in [1.82, 2.24) is 4.90 Å². The lowest BCUT2D eigenvalue weighted by molar-refractivity contribution is -0.143. The van der Waals surface area contributed by atoms with E-state index in [0.29, 0.717) is 5.92 Å². The van der Waals surface area contributed by atoms with Crippen LogP contribution in [0.3, 0.4) is 0 Å². The van der Waals surface area contributed by atoms with E-state index in [1.807, 2.05) is 6.07 Å². The van der Waals surface area contributed by atoms with Gasteiger partial charge < -0.3 is 10.0 Å². The highest BCUT2D eigenvalue weighted by molar-refractivity contribution is 5.79. The molecule has 17 heavy (non-hydrogen) atoms. The summed E-state index contributed by atoms with van der Waals surface area (Å²) < 4.78 is 0. The summed E-state index contributed by atoms with van der Waals surface area (Å²) in [5.41, 5.74) is 0.953. The summed E-state index contributed by atoms with van der Waals surface area (Å²) in [6.07, 6.45) is 1.91. The van der Waals surface area contributed by atoms with Gasteiger partial charge in [0.15, 0.2) is 0 Å². The largest absolute Gasteiger partial charge is 0.481 e. The highest BCUT2D eigenvalue weighted by Gasteiger charge is 2.65. The van der Waals surface area contributed by atoms with Gasteiger partial charge in [-0.25, -0.2) is 0 Å². The van der Waals surface area contributed by atoms with Crippen LogP contribution in [-0.2, 0) is 11.2 Å². The van der Waals surface area contributed by atoms with E-state index in [2.05, 4.69) is 29.2 Å². The van der Waals surface area contributed by atoms with E-state index in [0.717, 1.165) is 32.5 Å². The lowest BCUT2D eigenvalue weighted by Gasteiger charge is -2.18. The number of nitrogens with zero attached hydrogens (tertiary/aromatic N) is 1. The summed E-state index contributed by atoms with van der Waals surface area (Å²) in [6.45, 7) is 2.70. The zero-order valence-corrected chi connectivity index (χ0v) is 9.80. The molecule has 0 radical (unpaired) electrons. The summed E-state index contributed by atoms with van der Waals surface area (Å²) in [5.74, 6) is -0.180. The van der Waals surface area contributed by atoms with Gasteiger partial charge in [0.2, 0.25) is 0 Å². The molecule has 2 atom stereocenters. The van der Waals surface area contributed by atoms with E-state index < -0.39 is 5.97 Å². The van der Waals surface area contributed by atoms with Crippen molar-refractivity contribution in [1.29, 1.82) is 0 Å². The van der Waals surface area contributed by atoms with Crippen LogP contribution in [-0.4, -0.2) is 35.6 Å². The Morgan fingerprint density at radius 2 is 2.18 bits per heavy atom. The van der Waals surface area contributed by atoms with Crippen LogP contribution in [0.25, 0.3) is 0 Å². The molecule has 1 aromatic carbocycles. The van der Waals surface area contributed by atoms with Crippen molar-refractivity contribution in [3.8, 4) is 0 Å². The maximum Gasteiger partial charge on any atom is 0.311 e. The molecule has 0 spiro atoms. The van der Waals surface area contributed by atoms with Gasteiger partial charge in [0, 0.05) is 19.6 Å². The number of hydrogen-bond acceptors (Lipinski definition) is 2. The fourth-order valence-corrected chi connectivity index (χ4v) is 3.02. The third-order valence-electron chi connectivity index (χ3n) is 4.20. The molecule has 1 aromatic rings. The molecule has 90 valence electrons. The molecule has 0 amide bonds. The van der Waals surface area contributed by atoms with Crippen LogP contribution in [0.5, 0.6) is 0 Å². The standard InChI is InChI=1S/C14H17NO2/c16-13(17)14-8-12(14)9-15(10-14)7-6-11-4-2-1-3-5-11/h1-5,12H,6-10H2,(H,16,17)/t12?,14-/m1/s1. The Labute approximate surface area is 101 Å². The van der Waals surface area contributed by atoms with Crippen LogP contribution < -0.4 is 0 Å². The van der Waals surface area contributed by atoms with E-state index in [9.17, 15) is 9.90 Å². The molecule has 1 aliphatic heterocycles. The van der Waals surface area contributed by atoms with Crippen LogP contribution in [0.2, 0.25) is 0 Å². The maximum absolute atomic E-state index is 11.2. The van der Waals surface area contributed by atoms with Crippen molar-refractivity contribution in [3.63, 3.8) is 0 Å². The number of piperidine rings is 1. The van der Waals surface area contributed by atoms with Crippen LogP contribution in [0.1, 0.15) is 12.0 Å². The number of carboxylic acid groups (broad SMARTS) is 1. The van der Waals surface area contributed by atoms with Gasteiger partial charge in [0.05, 0.1) is 5.41 Å². The minimum atomic E-state index is -0.593. The lowest BCUT2D eigenvalue weighted by atomic mass is 10.1. The molecule has 1 heterocycles. The Hall–Kier alpha value is -1.35. The summed E-state index contributed by atoms with van der Waals surface area (Å²) in [4.78, 5) is 13.5. The summed E-state index contributed by atoms with van der Waals surface area (Å²) in [6, 6.07) is 10.4. The highest BCUT2D eigenvalue weighted by atomic mass is 16.4. The molecule has 2 fully saturated rings. The Kier molecular flexibility index (Phi) is 2.44. The Balaban J connectivity index is 1.54. The van der Waals surface area contributed by atoms with E-state index >= 15 is 0 Å². The van der Waals surface area contributed by atoms with Gasteiger partial charge in [-0.2, -0.15) is 0 Å². The van der Waals surface area contributed by atoms with E-state index in [-0.39, 0.29) is 5.41 Å². The van der Waals surface area contributed by atoms with E-state index in [4.69, 9.17) is 0 Å². The number of aliphatic carboxylic acids is 1. The SMILES string of the molecule is O=C(O)[C@@]12CC1CN(CCc1ccccc1)C2. The van der Waals surface area contributed by atoms with Crippen molar-refractivity contribution >= 4 is 5.97 Å². The predicted octanol–water partition coefficient (Wildman–Crippen LogP) is 1.64. The van der Waals surface area contributed by atoms with Crippen molar-refractivity contribution in [2.75, 3.05) is 19.6 Å². The average Bonchev–Trinajstić information content (AvgIpc) is 2.92. The van der Waals surface area contributed by atoms with Gasteiger partial charge in [0.25, 0.3) is 0 Å². The maximum atomic E-state index is 11.2. The third-order valence-corrected chi connectivity index (χ3v) is 4.20. The van der Waals surface area contributed by atoms with Gasteiger partial charge in [0.1, 0.15) is 0 Å². The first kappa shape index (κ1) is 10.8. The first-order chi connectivity index (χ1) is 8.21. The zero-order chi connectivity index (χ0) is 11.9. The number of rotatable bonds is 4. The Morgan fingerprint density at radius 3 is 2.82 bits per heavy atom. The van der Waals surface area contributed by atoms with Crippen molar-refractivity contribution in [2.24, 2.45) is 11.3 Å². The molecule has 3 rings (SSSR count). The first-order valence-electron chi connectivity index (χ1n) is 6.20. The van der Waals surface area contributed by atoms with Crippen molar-refractivity contribution in [2.45, 2.75) is 12.8 Å². The fraction of sp³-hybridized carbons (Fsp3) is 0.500. The van der Waals surface area contributed by atoms with Crippen molar-refractivity contribution in [3.05, 3.63) is 35.9 Å².